The highest BCUT2D eigenvalue weighted by molar-refractivity contribution is 7.89. The fourth-order valence-electron chi connectivity index (χ4n) is 4.37. The van der Waals surface area contributed by atoms with Crippen LogP contribution in [0.3, 0.4) is 0 Å². The zero-order valence-electron chi connectivity index (χ0n) is 17.5. The molecule has 0 spiro atoms. The number of aliphatic hydroxyl groups is 1. The minimum Gasteiger partial charge on any atom is -0.389 e. The molecule has 0 radical (unpaired) electrons. The topological polar surface area (TPSA) is 70.1 Å². The van der Waals surface area contributed by atoms with Crippen molar-refractivity contribution in [1.82, 2.24) is 9.21 Å². The summed E-state index contributed by atoms with van der Waals surface area (Å²) in [4.78, 5) is 2.16. The van der Waals surface area contributed by atoms with Crippen molar-refractivity contribution in [3.63, 3.8) is 0 Å². The van der Waals surface area contributed by atoms with E-state index in [0.29, 0.717) is 32.7 Å². The van der Waals surface area contributed by atoms with Gasteiger partial charge in [-0.05, 0) is 54.7 Å². The Morgan fingerprint density at radius 3 is 2.52 bits per heavy atom. The minimum atomic E-state index is -3.63. The molecule has 1 heterocycles. The Morgan fingerprint density at radius 2 is 1.77 bits per heavy atom. The molecule has 1 aliphatic heterocycles. The molecule has 2 aromatic carbocycles. The number of nitrogens with zero attached hydrogens (tertiary/aromatic N) is 2. The number of ether oxygens (including phenoxy) is 1. The van der Waals surface area contributed by atoms with Crippen LogP contribution in [-0.4, -0.2) is 68.2 Å². The molecule has 0 aromatic heterocycles. The molecule has 2 aromatic rings. The molecule has 1 saturated heterocycles. The van der Waals surface area contributed by atoms with Gasteiger partial charge in [-0.3, -0.25) is 4.90 Å². The van der Waals surface area contributed by atoms with Crippen LogP contribution in [0.1, 0.15) is 30.1 Å². The van der Waals surface area contributed by atoms with Gasteiger partial charge in [0.1, 0.15) is 5.82 Å². The summed E-state index contributed by atoms with van der Waals surface area (Å²) in [5.41, 5.74) is 2.55. The SMILES string of the molecule is O=S(=O)(c1ccc(F)cc1)N1CCN(C[C@H](O)CO[C@@H]2CCCc3ccccc32)CC1. The molecule has 0 unspecified atom stereocenters. The van der Waals surface area contributed by atoms with Gasteiger partial charge in [0.2, 0.25) is 10.0 Å². The molecule has 4 rings (SSSR count). The monoisotopic (exact) mass is 448 g/mol. The molecule has 1 N–H and O–H groups in total. The van der Waals surface area contributed by atoms with E-state index in [2.05, 4.69) is 17.0 Å². The second-order valence-corrected chi connectivity index (χ2v) is 10.2. The number of hydrogen-bond acceptors (Lipinski definition) is 5. The van der Waals surface area contributed by atoms with Gasteiger partial charge in [0, 0.05) is 32.7 Å². The summed E-state index contributed by atoms with van der Waals surface area (Å²) in [6, 6.07) is 13.2. The van der Waals surface area contributed by atoms with E-state index < -0.39 is 21.9 Å². The summed E-state index contributed by atoms with van der Waals surface area (Å²) in [5.74, 6) is -0.461. The fraction of sp³-hybridized carbons (Fsp3) is 0.478. The van der Waals surface area contributed by atoms with E-state index >= 15 is 0 Å². The van der Waals surface area contributed by atoms with Crippen LogP contribution in [0, 0.1) is 5.82 Å². The zero-order chi connectivity index (χ0) is 21.8. The quantitative estimate of drug-likeness (QED) is 0.705. The second kappa shape index (κ2) is 9.75. The lowest BCUT2D eigenvalue weighted by molar-refractivity contribution is -0.0304. The van der Waals surface area contributed by atoms with Crippen molar-refractivity contribution < 1.29 is 22.7 Å². The Kier molecular flexibility index (Phi) is 7.03. The third-order valence-corrected chi connectivity index (χ3v) is 7.97. The van der Waals surface area contributed by atoms with Crippen LogP contribution in [0.5, 0.6) is 0 Å². The molecule has 0 bridgehead atoms. The lowest BCUT2D eigenvalue weighted by atomic mass is 9.89. The predicted octanol–water partition coefficient (Wildman–Crippen LogP) is 2.59. The van der Waals surface area contributed by atoms with Crippen LogP contribution < -0.4 is 0 Å². The largest absolute Gasteiger partial charge is 0.389 e. The summed E-state index contributed by atoms with van der Waals surface area (Å²) >= 11 is 0. The summed E-state index contributed by atoms with van der Waals surface area (Å²) in [5, 5.41) is 10.5. The second-order valence-electron chi connectivity index (χ2n) is 8.23. The average molecular weight is 449 g/mol. The number of rotatable bonds is 7. The van der Waals surface area contributed by atoms with E-state index in [9.17, 15) is 17.9 Å². The van der Waals surface area contributed by atoms with Crippen molar-refractivity contribution in [3.05, 3.63) is 65.5 Å². The van der Waals surface area contributed by atoms with Gasteiger partial charge in [-0.2, -0.15) is 4.31 Å². The number of aliphatic hydroxyl groups excluding tert-OH is 1. The highest BCUT2D eigenvalue weighted by Gasteiger charge is 2.29. The summed E-state index contributed by atoms with van der Waals surface area (Å²) in [6.45, 7) is 2.44. The van der Waals surface area contributed by atoms with Crippen molar-refractivity contribution in [2.75, 3.05) is 39.3 Å². The van der Waals surface area contributed by atoms with Crippen molar-refractivity contribution >= 4 is 10.0 Å². The fourth-order valence-corrected chi connectivity index (χ4v) is 5.79. The van der Waals surface area contributed by atoms with Gasteiger partial charge in [-0.15, -0.1) is 0 Å². The molecular formula is C23H29FN2O4S. The van der Waals surface area contributed by atoms with Gasteiger partial charge in [0.25, 0.3) is 0 Å². The predicted molar refractivity (Wildman–Crippen MR) is 116 cm³/mol. The molecule has 1 fully saturated rings. The highest BCUT2D eigenvalue weighted by atomic mass is 32.2. The standard InChI is InChI=1S/C23H29FN2O4S/c24-19-8-10-21(11-9-19)31(28,29)26-14-12-25(13-15-26)16-20(27)17-30-23-7-3-5-18-4-1-2-6-22(18)23/h1-2,4,6,8-11,20,23,27H,3,5,7,12-17H2/t20-,23+/m0/s1. The van der Waals surface area contributed by atoms with Crippen LogP contribution in [-0.2, 0) is 21.2 Å². The number of sulfonamides is 1. The van der Waals surface area contributed by atoms with E-state index in [1.165, 1.54) is 27.6 Å². The summed E-state index contributed by atoms with van der Waals surface area (Å²) < 4.78 is 46.0. The highest BCUT2D eigenvalue weighted by Crippen LogP contribution is 2.32. The van der Waals surface area contributed by atoms with Crippen molar-refractivity contribution in [1.29, 1.82) is 0 Å². The molecule has 1 aliphatic carbocycles. The normalized spacial score (nSPS) is 21.5. The van der Waals surface area contributed by atoms with Gasteiger partial charge in [0.05, 0.1) is 23.7 Å². The van der Waals surface area contributed by atoms with Crippen LogP contribution in [0.4, 0.5) is 4.39 Å². The first-order valence-electron chi connectivity index (χ1n) is 10.8. The Labute approximate surface area is 183 Å². The summed E-state index contributed by atoms with van der Waals surface area (Å²) in [7, 11) is -3.63. The molecular weight excluding hydrogens is 419 g/mol. The van der Waals surface area contributed by atoms with Gasteiger partial charge in [-0.25, -0.2) is 12.8 Å². The van der Waals surface area contributed by atoms with Crippen molar-refractivity contribution in [3.8, 4) is 0 Å². The van der Waals surface area contributed by atoms with E-state index in [1.54, 1.807) is 0 Å². The summed E-state index contributed by atoms with van der Waals surface area (Å²) in [6.07, 6.45) is 2.52. The van der Waals surface area contributed by atoms with E-state index in [0.717, 1.165) is 31.4 Å². The first-order valence-corrected chi connectivity index (χ1v) is 12.2. The van der Waals surface area contributed by atoms with Crippen LogP contribution in [0.2, 0.25) is 0 Å². The first kappa shape index (κ1) is 22.4. The maximum Gasteiger partial charge on any atom is 0.243 e. The lowest BCUT2D eigenvalue weighted by Crippen LogP contribution is -2.50. The van der Waals surface area contributed by atoms with Crippen LogP contribution in [0.25, 0.3) is 0 Å². The smallest absolute Gasteiger partial charge is 0.243 e. The Balaban J connectivity index is 1.25. The molecule has 0 saturated carbocycles. The molecule has 168 valence electrons. The molecule has 2 aliphatic rings. The van der Waals surface area contributed by atoms with Gasteiger partial charge >= 0.3 is 0 Å². The Bertz CT molecular complexity index is 975. The van der Waals surface area contributed by atoms with Crippen LogP contribution in [0.15, 0.2) is 53.4 Å². The molecule has 8 heteroatoms. The maximum absolute atomic E-state index is 13.1. The van der Waals surface area contributed by atoms with Gasteiger partial charge in [0.15, 0.2) is 0 Å². The maximum atomic E-state index is 13.1. The number of benzene rings is 2. The van der Waals surface area contributed by atoms with E-state index in [-0.39, 0.29) is 17.6 Å². The molecule has 6 nitrogen and oxygen atoms in total. The molecule has 31 heavy (non-hydrogen) atoms. The molecule has 0 amide bonds. The number of hydrogen-bond donors (Lipinski definition) is 1. The van der Waals surface area contributed by atoms with E-state index in [4.69, 9.17) is 4.74 Å². The minimum absolute atomic E-state index is 0.0253. The number of piperazine rings is 1. The van der Waals surface area contributed by atoms with Crippen molar-refractivity contribution in [2.24, 2.45) is 0 Å². The zero-order valence-corrected chi connectivity index (χ0v) is 18.3. The van der Waals surface area contributed by atoms with Crippen molar-refractivity contribution in [2.45, 2.75) is 36.4 Å². The molecule has 2 atom stereocenters. The lowest BCUT2D eigenvalue weighted by Gasteiger charge is -2.35. The number of fused-ring (bicyclic) bond motifs is 1. The number of aryl methyl sites for hydroxylation is 1. The average Bonchev–Trinajstić information content (AvgIpc) is 2.78. The third-order valence-electron chi connectivity index (χ3n) is 6.06. The first-order chi connectivity index (χ1) is 14.9. The van der Waals surface area contributed by atoms with Gasteiger partial charge in [-0.1, -0.05) is 24.3 Å². The van der Waals surface area contributed by atoms with Crippen LogP contribution >= 0.6 is 0 Å². The Hall–Kier alpha value is -1.84. The van der Waals surface area contributed by atoms with Gasteiger partial charge < -0.3 is 9.84 Å². The number of halogens is 1. The third kappa shape index (κ3) is 5.32. The van der Waals surface area contributed by atoms with E-state index in [1.807, 2.05) is 12.1 Å². The Morgan fingerprint density at radius 1 is 1.06 bits per heavy atom. The number of β-amino-alcohol motifs (C(OH)–C–C–N with tert-alkyl or cyclic N) is 1.